The number of carbonyl (C=O) groups is 3. The average molecular weight is 444 g/mol. The molecule has 0 saturated carbocycles. The molecule has 0 heterocycles. The Morgan fingerprint density at radius 2 is 1.77 bits per heavy atom. The normalized spacial score (nSPS) is 17.0. The van der Waals surface area contributed by atoms with Crippen LogP contribution in [0.3, 0.4) is 0 Å². The summed E-state index contributed by atoms with van der Waals surface area (Å²) in [5.41, 5.74) is 0.802. The maximum absolute atomic E-state index is 12.2. The van der Waals surface area contributed by atoms with Crippen molar-refractivity contribution in [2.24, 2.45) is 0 Å². The second-order valence-electron chi connectivity index (χ2n) is 7.45. The van der Waals surface area contributed by atoms with E-state index in [0.717, 1.165) is 47.9 Å². The maximum Gasteiger partial charge on any atom is 0.409 e. The van der Waals surface area contributed by atoms with Gasteiger partial charge in [0.05, 0.1) is 0 Å². The van der Waals surface area contributed by atoms with Crippen molar-refractivity contribution in [1.29, 1.82) is 0 Å². The van der Waals surface area contributed by atoms with Gasteiger partial charge in [-0.05, 0) is 61.2 Å². The van der Waals surface area contributed by atoms with E-state index in [1.165, 1.54) is 16.2 Å². The molecule has 0 aliphatic heterocycles. The van der Waals surface area contributed by atoms with Crippen LogP contribution in [0, 0.1) is 0 Å². The van der Waals surface area contributed by atoms with Crippen molar-refractivity contribution in [3.05, 3.63) is 42.0 Å². The standard InChI is InChI=1S/C22H29BN2O5S/c1-24(20(23)26)14-15-25(2)21(27)29-16-17-10-12-19(13-11-17)31-22(28)30-18-8-6-4-3-5-7-9-18/h6,8,10-13,18H,3-5,7,9,14-16H2,1-2H3/b8-6+. The zero-order valence-corrected chi connectivity index (χ0v) is 18.9. The molecule has 0 bridgehead atoms. The van der Waals surface area contributed by atoms with Gasteiger partial charge in [0.2, 0.25) is 7.85 Å². The van der Waals surface area contributed by atoms with Gasteiger partial charge in [-0.15, -0.1) is 0 Å². The Kier molecular flexibility index (Phi) is 10.5. The summed E-state index contributed by atoms with van der Waals surface area (Å²) < 4.78 is 10.8. The third-order valence-electron chi connectivity index (χ3n) is 4.90. The lowest BCUT2D eigenvalue weighted by Crippen LogP contribution is -2.37. The predicted molar refractivity (Wildman–Crippen MR) is 121 cm³/mol. The summed E-state index contributed by atoms with van der Waals surface area (Å²) in [7, 11) is 8.30. The fourth-order valence-corrected chi connectivity index (χ4v) is 3.52. The third-order valence-corrected chi connectivity index (χ3v) is 5.67. The largest absolute Gasteiger partial charge is 0.450 e. The molecule has 0 aromatic heterocycles. The number of allylic oxidation sites excluding steroid dienone is 1. The Hall–Kier alpha value is -2.42. The number of hydrogen-bond donors (Lipinski definition) is 0. The minimum atomic E-state index is -0.551. The number of rotatable bonds is 7. The molecular weight excluding hydrogens is 415 g/mol. The highest BCUT2D eigenvalue weighted by molar-refractivity contribution is 8.13. The Morgan fingerprint density at radius 1 is 1.06 bits per heavy atom. The van der Waals surface area contributed by atoms with E-state index in [9.17, 15) is 14.4 Å². The lowest BCUT2D eigenvalue weighted by molar-refractivity contribution is 0.103. The molecule has 166 valence electrons. The summed E-state index contributed by atoms with van der Waals surface area (Å²) in [6, 6.07) is 7.21. The van der Waals surface area contributed by atoms with Crippen LogP contribution in [0.1, 0.15) is 37.7 Å². The Bertz CT molecular complexity index is 772. The molecule has 7 nitrogen and oxygen atoms in total. The van der Waals surface area contributed by atoms with Crippen molar-refractivity contribution in [2.75, 3.05) is 27.2 Å². The lowest BCUT2D eigenvalue weighted by atomic mass is 10.0. The number of likely N-dealkylation sites (N-methyl/N-ethyl adjacent to an activating group) is 2. The van der Waals surface area contributed by atoms with Crippen LogP contribution in [-0.4, -0.2) is 68.1 Å². The zero-order chi connectivity index (χ0) is 22.6. The van der Waals surface area contributed by atoms with Gasteiger partial charge in [-0.2, -0.15) is 0 Å². The highest BCUT2D eigenvalue weighted by Crippen LogP contribution is 2.23. The molecule has 1 aliphatic carbocycles. The van der Waals surface area contributed by atoms with E-state index >= 15 is 0 Å². The number of nitrogens with zero attached hydrogens (tertiary/aromatic N) is 2. The van der Waals surface area contributed by atoms with Crippen molar-refractivity contribution in [3.8, 4) is 0 Å². The number of carbonyl (C=O) groups excluding carboxylic acids is 3. The summed E-state index contributed by atoms with van der Waals surface area (Å²) >= 11 is 1.05. The lowest BCUT2D eigenvalue weighted by Gasteiger charge is -2.21. The van der Waals surface area contributed by atoms with E-state index in [2.05, 4.69) is 6.08 Å². The highest BCUT2D eigenvalue weighted by Gasteiger charge is 2.15. The van der Waals surface area contributed by atoms with Gasteiger partial charge in [0.15, 0.2) is 5.81 Å². The molecule has 0 N–H and O–H groups in total. The van der Waals surface area contributed by atoms with Crippen LogP contribution in [0.2, 0.25) is 0 Å². The topological polar surface area (TPSA) is 76.2 Å². The van der Waals surface area contributed by atoms with Crippen molar-refractivity contribution >= 4 is 36.8 Å². The van der Waals surface area contributed by atoms with Crippen LogP contribution >= 0.6 is 11.8 Å². The Balaban J connectivity index is 1.74. The van der Waals surface area contributed by atoms with Gasteiger partial charge in [0.1, 0.15) is 12.7 Å². The van der Waals surface area contributed by atoms with Crippen LogP contribution in [-0.2, 0) is 16.1 Å². The number of hydrogen-bond acceptors (Lipinski definition) is 6. The van der Waals surface area contributed by atoms with Crippen LogP contribution in [0.25, 0.3) is 0 Å². The number of thioether (sulfide) groups is 1. The summed E-state index contributed by atoms with van der Waals surface area (Å²) in [6.45, 7) is 0.739. The minimum Gasteiger partial charge on any atom is -0.450 e. The monoisotopic (exact) mass is 444 g/mol. The number of amides is 2. The fourth-order valence-electron chi connectivity index (χ4n) is 2.88. The van der Waals surface area contributed by atoms with E-state index < -0.39 is 11.9 Å². The van der Waals surface area contributed by atoms with E-state index in [1.54, 1.807) is 38.4 Å². The quantitative estimate of drug-likeness (QED) is 0.265. The molecule has 1 aromatic rings. The van der Waals surface area contributed by atoms with E-state index in [1.807, 2.05) is 6.08 Å². The maximum atomic E-state index is 12.2. The molecule has 1 aromatic carbocycles. The van der Waals surface area contributed by atoms with Crippen LogP contribution < -0.4 is 0 Å². The molecular formula is C22H29BN2O5S. The molecule has 1 unspecified atom stereocenters. The Morgan fingerprint density at radius 3 is 2.48 bits per heavy atom. The summed E-state index contributed by atoms with van der Waals surface area (Å²) in [5.74, 6) is -0.551. The smallest absolute Gasteiger partial charge is 0.409 e. The first-order valence-electron chi connectivity index (χ1n) is 10.4. The first-order valence-corrected chi connectivity index (χ1v) is 11.2. The summed E-state index contributed by atoms with van der Waals surface area (Å²) in [4.78, 5) is 38.7. The van der Waals surface area contributed by atoms with E-state index in [4.69, 9.17) is 17.3 Å². The van der Waals surface area contributed by atoms with Crippen LogP contribution in [0.15, 0.2) is 41.3 Å². The Labute approximate surface area is 189 Å². The first-order chi connectivity index (χ1) is 14.8. The molecule has 1 atom stereocenters. The SMILES string of the molecule is [B]C(=O)N(C)CCN(C)C(=O)OCc1ccc(SC(=O)OC2/C=C/CCCCC2)cc1. The molecule has 31 heavy (non-hydrogen) atoms. The van der Waals surface area contributed by atoms with Gasteiger partial charge in [-0.3, -0.25) is 4.79 Å². The second kappa shape index (κ2) is 13.1. The van der Waals surface area contributed by atoms with E-state index in [0.29, 0.717) is 13.1 Å². The molecule has 9 heteroatoms. The number of benzene rings is 1. The summed E-state index contributed by atoms with van der Waals surface area (Å²) in [5, 5.41) is -0.322. The second-order valence-corrected chi connectivity index (χ2v) is 8.46. The highest BCUT2D eigenvalue weighted by atomic mass is 32.2. The fraction of sp³-hybridized carbons (Fsp3) is 0.500. The first kappa shape index (κ1) is 24.9. The van der Waals surface area contributed by atoms with Crippen molar-refractivity contribution in [1.82, 2.24) is 9.80 Å². The number of ether oxygens (including phenoxy) is 2. The van der Waals surface area contributed by atoms with Gasteiger partial charge in [-0.1, -0.05) is 24.6 Å². The predicted octanol–water partition coefficient (Wildman–Crippen LogP) is 4.59. The summed E-state index contributed by atoms with van der Waals surface area (Å²) in [6.07, 6.45) is 8.74. The van der Waals surface area contributed by atoms with Gasteiger partial charge in [-0.25, -0.2) is 9.59 Å². The van der Waals surface area contributed by atoms with Crippen LogP contribution in [0.4, 0.5) is 14.4 Å². The van der Waals surface area contributed by atoms with E-state index in [-0.39, 0.29) is 18.0 Å². The molecule has 0 saturated heterocycles. The van der Waals surface area contributed by atoms with Crippen LogP contribution in [0.5, 0.6) is 0 Å². The zero-order valence-electron chi connectivity index (χ0n) is 18.1. The van der Waals surface area contributed by atoms with Crippen molar-refractivity contribution in [2.45, 2.75) is 49.7 Å². The minimum absolute atomic E-state index is 0.108. The van der Waals surface area contributed by atoms with Crippen molar-refractivity contribution in [3.63, 3.8) is 0 Å². The molecule has 1 aliphatic rings. The van der Waals surface area contributed by atoms with Crippen molar-refractivity contribution < 1.29 is 23.9 Å². The van der Waals surface area contributed by atoms with Gasteiger partial charge in [0.25, 0.3) is 0 Å². The third kappa shape index (κ3) is 9.51. The average Bonchev–Trinajstić information content (AvgIpc) is 2.72. The molecule has 0 fully saturated rings. The van der Waals surface area contributed by atoms with Gasteiger partial charge >= 0.3 is 11.4 Å². The van der Waals surface area contributed by atoms with Gasteiger partial charge < -0.3 is 19.3 Å². The molecule has 2 rings (SSSR count). The van der Waals surface area contributed by atoms with Gasteiger partial charge in [0, 0.05) is 32.1 Å². The molecule has 0 spiro atoms. The molecule has 2 amide bonds. The molecule has 2 radical (unpaired) electrons.